The summed E-state index contributed by atoms with van der Waals surface area (Å²) in [6.07, 6.45) is 3.69. The van der Waals surface area contributed by atoms with Crippen molar-refractivity contribution in [2.45, 2.75) is 25.4 Å². The minimum atomic E-state index is -0.144. The van der Waals surface area contributed by atoms with E-state index in [0.717, 1.165) is 18.4 Å². The molecule has 1 fully saturated rings. The largest absolute Gasteiger partial charge is 0.350 e. The van der Waals surface area contributed by atoms with E-state index in [0.29, 0.717) is 29.3 Å². The molecule has 1 aromatic heterocycles. The molecule has 0 bridgehead atoms. The van der Waals surface area contributed by atoms with Crippen molar-refractivity contribution in [1.29, 1.82) is 0 Å². The molecule has 3 rings (SSSR count). The molecule has 1 aliphatic rings. The molecular weight excluding hydrogens is 288 g/mol. The van der Waals surface area contributed by atoms with Gasteiger partial charge < -0.3 is 10.6 Å². The van der Waals surface area contributed by atoms with Crippen LogP contribution in [0, 0.1) is 0 Å². The second kappa shape index (κ2) is 6.10. The number of aromatic nitrogens is 2. The second-order valence-corrected chi connectivity index (χ2v) is 5.43. The zero-order valence-corrected chi connectivity index (χ0v) is 12.1. The molecular formula is C15H15ClN4O. The first-order valence-electron chi connectivity index (χ1n) is 6.83. The third-order valence-electron chi connectivity index (χ3n) is 3.16. The average molecular weight is 303 g/mol. The SMILES string of the molecule is O=C(NC1CC1)c1ccnc(NCc2ccc(Cl)cc2)n1. The number of nitrogens with zero attached hydrogens (tertiary/aromatic N) is 2. The maximum Gasteiger partial charge on any atom is 0.270 e. The normalized spacial score (nSPS) is 13.8. The van der Waals surface area contributed by atoms with Gasteiger partial charge in [0, 0.05) is 23.8 Å². The van der Waals surface area contributed by atoms with Gasteiger partial charge in [-0.2, -0.15) is 0 Å². The molecule has 0 atom stereocenters. The summed E-state index contributed by atoms with van der Waals surface area (Å²) < 4.78 is 0. The standard InChI is InChI=1S/C15H15ClN4O/c16-11-3-1-10(2-4-11)9-18-15-17-8-7-13(20-15)14(21)19-12-5-6-12/h1-4,7-8,12H,5-6,9H2,(H,19,21)(H,17,18,20). The molecule has 108 valence electrons. The molecule has 6 heteroatoms. The first-order chi connectivity index (χ1) is 10.2. The number of hydrogen-bond donors (Lipinski definition) is 2. The number of benzene rings is 1. The van der Waals surface area contributed by atoms with Crippen LogP contribution in [-0.4, -0.2) is 21.9 Å². The maximum atomic E-state index is 11.9. The van der Waals surface area contributed by atoms with Crippen molar-refractivity contribution in [2.24, 2.45) is 0 Å². The Morgan fingerprint density at radius 3 is 2.71 bits per heavy atom. The molecule has 5 nitrogen and oxygen atoms in total. The molecule has 1 aliphatic carbocycles. The molecule has 0 unspecified atom stereocenters. The van der Waals surface area contributed by atoms with Gasteiger partial charge in [0.05, 0.1) is 0 Å². The van der Waals surface area contributed by atoms with Crippen LogP contribution < -0.4 is 10.6 Å². The first-order valence-corrected chi connectivity index (χ1v) is 7.21. The summed E-state index contributed by atoms with van der Waals surface area (Å²) in [5.74, 6) is 0.294. The van der Waals surface area contributed by atoms with Crippen LogP contribution in [0.1, 0.15) is 28.9 Å². The first kappa shape index (κ1) is 13.8. The number of carbonyl (C=O) groups is 1. The summed E-state index contributed by atoms with van der Waals surface area (Å²) in [7, 11) is 0. The fourth-order valence-electron chi connectivity index (χ4n) is 1.84. The van der Waals surface area contributed by atoms with E-state index < -0.39 is 0 Å². The molecule has 1 aromatic carbocycles. The van der Waals surface area contributed by atoms with Gasteiger partial charge in [-0.25, -0.2) is 9.97 Å². The summed E-state index contributed by atoms with van der Waals surface area (Å²) in [5, 5.41) is 6.71. The summed E-state index contributed by atoms with van der Waals surface area (Å²) in [5.41, 5.74) is 1.45. The highest BCUT2D eigenvalue weighted by molar-refractivity contribution is 6.30. The molecule has 0 saturated heterocycles. The molecule has 2 aromatic rings. The van der Waals surface area contributed by atoms with E-state index in [9.17, 15) is 4.79 Å². The van der Waals surface area contributed by atoms with Crippen molar-refractivity contribution in [3.63, 3.8) is 0 Å². The Morgan fingerprint density at radius 1 is 1.24 bits per heavy atom. The molecule has 1 amide bonds. The van der Waals surface area contributed by atoms with Gasteiger partial charge in [0.15, 0.2) is 0 Å². The van der Waals surface area contributed by atoms with Crippen molar-refractivity contribution >= 4 is 23.5 Å². The fourth-order valence-corrected chi connectivity index (χ4v) is 1.97. The van der Waals surface area contributed by atoms with E-state index in [2.05, 4.69) is 20.6 Å². The van der Waals surface area contributed by atoms with Crippen LogP contribution in [0.4, 0.5) is 5.95 Å². The topological polar surface area (TPSA) is 66.9 Å². The van der Waals surface area contributed by atoms with Crippen LogP contribution in [0.2, 0.25) is 5.02 Å². The molecule has 0 aliphatic heterocycles. The lowest BCUT2D eigenvalue weighted by Crippen LogP contribution is -2.26. The van der Waals surface area contributed by atoms with Gasteiger partial charge in [-0.15, -0.1) is 0 Å². The third kappa shape index (κ3) is 3.92. The predicted molar refractivity (Wildman–Crippen MR) is 81.3 cm³/mol. The van der Waals surface area contributed by atoms with Crippen molar-refractivity contribution in [3.05, 3.63) is 52.8 Å². The van der Waals surface area contributed by atoms with E-state index >= 15 is 0 Å². The lowest BCUT2D eigenvalue weighted by molar-refractivity contribution is 0.0946. The Labute approximate surface area is 127 Å². The summed E-state index contributed by atoms with van der Waals surface area (Å²) in [6, 6.07) is 9.46. The molecule has 2 N–H and O–H groups in total. The number of halogens is 1. The summed E-state index contributed by atoms with van der Waals surface area (Å²) in [4.78, 5) is 20.3. The van der Waals surface area contributed by atoms with Crippen molar-refractivity contribution in [3.8, 4) is 0 Å². The Bertz CT molecular complexity index is 640. The third-order valence-corrected chi connectivity index (χ3v) is 3.42. The highest BCUT2D eigenvalue weighted by Crippen LogP contribution is 2.19. The van der Waals surface area contributed by atoms with E-state index in [1.54, 1.807) is 12.3 Å². The Hall–Kier alpha value is -2.14. The van der Waals surface area contributed by atoms with Crippen molar-refractivity contribution < 1.29 is 4.79 Å². The molecule has 0 radical (unpaired) electrons. The molecule has 21 heavy (non-hydrogen) atoms. The lowest BCUT2D eigenvalue weighted by atomic mass is 10.2. The number of carbonyl (C=O) groups excluding carboxylic acids is 1. The average Bonchev–Trinajstić information content (AvgIpc) is 3.31. The fraction of sp³-hybridized carbons (Fsp3) is 0.267. The van der Waals surface area contributed by atoms with Gasteiger partial charge in [-0.1, -0.05) is 23.7 Å². The Balaban J connectivity index is 1.62. The van der Waals surface area contributed by atoms with Crippen LogP contribution in [0.25, 0.3) is 0 Å². The van der Waals surface area contributed by atoms with Crippen molar-refractivity contribution in [2.75, 3.05) is 5.32 Å². The number of nitrogens with one attached hydrogen (secondary N) is 2. The molecule has 0 spiro atoms. The number of anilines is 1. The quantitative estimate of drug-likeness (QED) is 0.891. The van der Waals surface area contributed by atoms with Crippen molar-refractivity contribution in [1.82, 2.24) is 15.3 Å². The number of rotatable bonds is 5. The van der Waals surface area contributed by atoms with E-state index in [4.69, 9.17) is 11.6 Å². The minimum Gasteiger partial charge on any atom is -0.350 e. The van der Waals surface area contributed by atoms with Crippen LogP contribution in [-0.2, 0) is 6.54 Å². The van der Waals surface area contributed by atoms with Gasteiger partial charge in [0.25, 0.3) is 5.91 Å². The molecule has 1 heterocycles. The minimum absolute atomic E-state index is 0.144. The van der Waals surface area contributed by atoms with Crippen LogP contribution >= 0.6 is 11.6 Å². The Kier molecular flexibility index (Phi) is 4.01. The van der Waals surface area contributed by atoms with E-state index in [1.165, 1.54) is 0 Å². The zero-order chi connectivity index (χ0) is 14.7. The summed E-state index contributed by atoms with van der Waals surface area (Å²) in [6.45, 7) is 0.574. The van der Waals surface area contributed by atoms with Gasteiger partial charge in [-0.3, -0.25) is 4.79 Å². The number of hydrogen-bond acceptors (Lipinski definition) is 4. The highest BCUT2D eigenvalue weighted by atomic mass is 35.5. The van der Waals surface area contributed by atoms with Crippen LogP contribution in [0.5, 0.6) is 0 Å². The van der Waals surface area contributed by atoms with E-state index in [1.807, 2.05) is 24.3 Å². The Morgan fingerprint density at radius 2 is 2.00 bits per heavy atom. The maximum absolute atomic E-state index is 11.9. The van der Waals surface area contributed by atoms with Gasteiger partial charge >= 0.3 is 0 Å². The highest BCUT2D eigenvalue weighted by Gasteiger charge is 2.24. The lowest BCUT2D eigenvalue weighted by Gasteiger charge is -2.07. The monoisotopic (exact) mass is 302 g/mol. The predicted octanol–water partition coefficient (Wildman–Crippen LogP) is 2.63. The van der Waals surface area contributed by atoms with Gasteiger partial charge in [0.1, 0.15) is 5.69 Å². The van der Waals surface area contributed by atoms with Gasteiger partial charge in [0.2, 0.25) is 5.95 Å². The zero-order valence-electron chi connectivity index (χ0n) is 11.3. The number of amides is 1. The van der Waals surface area contributed by atoms with E-state index in [-0.39, 0.29) is 5.91 Å². The molecule has 1 saturated carbocycles. The van der Waals surface area contributed by atoms with Crippen LogP contribution in [0.15, 0.2) is 36.5 Å². The second-order valence-electron chi connectivity index (χ2n) is 4.99. The van der Waals surface area contributed by atoms with Gasteiger partial charge in [-0.05, 0) is 36.6 Å². The van der Waals surface area contributed by atoms with Crippen LogP contribution in [0.3, 0.4) is 0 Å². The summed E-state index contributed by atoms with van der Waals surface area (Å²) >= 11 is 5.84. The smallest absolute Gasteiger partial charge is 0.270 e.